The quantitative estimate of drug-likeness (QED) is 0.819. The Morgan fingerprint density at radius 1 is 1.29 bits per heavy atom. The molecular formula is C16H19N3O4S. The van der Waals surface area contributed by atoms with Crippen LogP contribution < -0.4 is 10.3 Å². The van der Waals surface area contributed by atoms with Gasteiger partial charge in [0.15, 0.2) is 0 Å². The Hall–Kier alpha value is -2.19. The fourth-order valence-electron chi connectivity index (χ4n) is 2.76. The maximum atomic E-state index is 12.2. The maximum absolute atomic E-state index is 12.2. The largest absolute Gasteiger partial charge is 0.497 e. The molecule has 1 aromatic carbocycles. The van der Waals surface area contributed by atoms with Crippen LogP contribution >= 0.6 is 0 Å². The summed E-state index contributed by atoms with van der Waals surface area (Å²) >= 11 is 0. The summed E-state index contributed by atoms with van der Waals surface area (Å²) in [5.41, 5.74) is 1.86. The highest BCUT2D eigenvalue weighted by molar-refractivity contribution is 7.90. The van der Waals surface area contributed by atoms with Gasteiger partial charge in [0.1, 0.15) is 5.75 Å². The second-order valence-electron chi connectivity index (χ2n) is 5.88. The van der Waals surface area contributed by atoms with Crippen LogP contribution in [0.2, 0.25) is 0 Å². The molecule has 7 nitrogen and oxygen atoms in total. The summed E-state index contributed by atoms with van der Waals surface area (Å²) in [4.78, 5) is 20.8. The third-order valence-corrected chi connectivity index (χ3v) is 4.94. The van der Waals surface area contributed by atoms with E-state index >= 15 is 0 Å². The van der Waals surface area contributed by atoms with Gasteiger partial charge in [-0.3, -0.25) is 14.7 Å². The number of nitrogens with one attached hydrogen (secondary N) is 1. The molecule has 0 saturated carbocycles. The predicted molar refractivity (Wildman–Crippen MR) is 88.8 cm³/mol. The number of rotatable bonds is 4. The summed E-state index contributed by atoms with van der Waals surface area (Å²) in [6.45, 7) is 1.88. The number of fused-ring (bicyclic) bond motifs is 1. The fraction of sp³-hybridized carbons (Fsp3) is 0.375. The number of hydrogen-bond donors (Lipinski definition) is 1. The molecule has 8 heteroatoms. The van der Waals surface area contributed by atoms with Crippen molar-refractivity contribution in [2.24, 2.45) is 0 Å². The summed E-state index contributed by atoms with van der Waals surface area (Å²) in [5, 5.41) is -0.255. The zero-order valence-corrected chi connectivity index (χ0v) is 14.4. The topological polar surface area (TPSA) is 92.4 Å². The van der Waals surface area contributed by atoms with Crippen LogP contribution in [-0.4, -0.2) is 43.2 Å². The molecule has 0 radical (unpaired) electrons. The van der Waals surface area contributed by atoms with Crippen LogP contribution in [0.1, 0.15) is 16.8 Å². The number of nitrogens with zero attached hydrogens (tertiary/aromatic N) is 2. The highest BCUT2D eigenvalue weighted by atomic mass is 32.2. The zero-order valence-electron chi connectivity index (χ0n) is 13.6. The molecule has 0 spiro atoms. The molecular weight excluding hydrogens is 330 g/mol. The van der Waals surface area contributed by atoms with Crippen molar-refractivity contribution >= 4 is 9.84 Å². The van der Waals surface area contributed by atoms with Gasteiger partial charge in [-0.2, -0.15) is 0 Å². The highest BCUT2D eigenvalue weighted by Crippen LogP contribution is 2.18. The van der Waals surface area contributed by atoms with E-state index in [4.69, 9.17) is 4.74 Å². The van der Waals surface area contributed by atoms with E-state index in [1.807, 2.05) is 24.3 Å². The maximum Gasteiger partial charge on any atom is 0.256 e. The van der Waals surface area contributed by atoms with E-state index in [0.29, 0.717) is 30.8 Å². The second kappa shape index (κ2) is 6.37. The van der Waals surface area contributed by atoms with Crippen LogP contribution in [0.15, 0.2) is 34.2 Å². The molecule has 0 bridgehead atoms. The third kappa shape index (κ3) is 3.49. The van der Waals surface area contributed by atoms with E-state index in [1.54, 1.807) is 7.11 Å². The number of aromatic amines is 1. The number of H-pyrrole nitrogens is 1. The van der Waals surface area contributed by atoms with Crippen LogP contribution in [0, 0.1) is 0 Å². The molecule has 2 heterocycles. The molecule has 0 fully saturated rings. The first-order valence-electron chi connectivity index (χ1n) is 7.54. The van der Waals surface area contributed by atoms with Gasteiger partial charge >= 0.3 is 0 Å². The molecule has 0 amide bonds. The van der Waals surface area contributed by atoms with E-state index in [0.717, 1.165) is 24.1 Å². The Balaban J connectivity index is 1.80. The molecule has 128 valence electrons. The fourth-order valence-corrected chi connectivity index (χ4v) is 3.31. The molecule has 1 N–H and O–H groups in total. The van der Waals surface area contributed by atoms with Crippen molar-refractivity contribution in [3.8, 4) is 5.75 Å². The third-order valence-electron chi connectivity index (χ3n) is 4.04. The normalized spacial score (nSPS) is 15.1. The first-order valence-corrected chi connectivity index (χ1v) is 9.43. The summed E-state index contributed by atoms with van der Waals surface area (Å²) in [6, 6.07) is 7.78. The monoisotopic (exact) mass is 349 g/mol. The van der Waals surface area contributed by atoms with E-state index < -0.39 is 9.84 Å². The number of methoxy groups -OCH3 is 1. The van der Waals surface area contributed by atoms with E-state index in [-0.39, 0.29) is 10.7 Å². The summed E-state index contributed by atoms with van der Waals surface area (Å²) in [7, 11) is -1.89. The average molecular weight is 349 g/mol. The lowest BCUT2D eigenvalue weighted by atomic mass is 10.1. The minimum absolute atomic E-state index is 0.255. The minimum atomic E-state index is -3.52. The highest BCUT2D eigenvalue weighted by Gasteiger charge is 2.23. The number of aromatic nitrogens is 2. The van der Waals surface area contributed by atoms with Gasteiger partial charge in [0, 0.05) is 32.3 Å². The molecule has 3 rings (SSSR count). The van der Waals surface area contributed by atoms with Gasteiger partial charge in [-0.15, -0.1) is 0 Å². The van der Waals surface area contributed by atoms with Crippen molar-refractivity contribution in [2.75, 3.05) is 19.9 Å². The van der Waals surface area contributed by atoms with E-state index in [1.165, 1.54) is 0 Å². The van der Waals surface area contributed by atoms with Crippen LogP contribution in [0.25, 0.3) is 0 Å². The van der Waals surface area contributed by atoms with Crippen molar-refractivity contribution in [2.45, 2.75) is 24.7 Å². The molecule has 2 aromatic rings. The molecule has 0 atom stereocenters. The molecule has 1 aliphatic rings. The molecule has 0 unspecified atom stereocenters. The van der Waals surface area contributed by atoms with Gasteiger partial charge in [0.25, 0.3) is 5.56 Å². The summed E-state index contributed by atoms with van der Waals surface area (Å²) in [5.74, 6) is 0.802. The van der Waals surface area contributed by atoms with Crippen LogP contribution in [0.4, 0.5) is 0 Å². The van der Waals surface area contributed by atoms with Crippen LogP contribution in [0.3, 0.4) is 0 Å². The number of sulfone groups is 1. The van der Waals surface area contributed by atoms with Gasteiger partial charge in [-0.1, -0.05) is 12.1 Å². The SMILES string of the molecule is COc1ccc(CN2CCc3nc(S(C)(=O)=O)[nH]c(=O)c3C2)cc1. The molecule has 0 saturated heterocycles. The van der Waals surface area contributed by atoms with Crippen molar-refractivity contribution in [3.63, 3.8) is 0 Å². The molecule has 24 heavy (non-hydrogen) atoms. The lowest BCUT2D eigenvalue weighted by molar-refractivity contribution is 0.240. The van der Waals surface area contributed by atoms with E-state index in [2.05, 4.69) is 14.9 Å². The van der Waals surface area contributed by atoms with Gasteiger partial charge in [0.2, 0.25) is 15.0 Å². The summed E-state index contributed by atoms with van der Waals surface area (Å²) < 4.78 is 28.3. The van der Waals surface area contributed by atoms with Gasteiger partial charge in [0.05, 0.1) is 18.4 Å². The lowest BCUT2D eigenvalue weighted by Gasteiger charge is -2.27. The zero-order chi connectivity index (χ0) is 17.3. The van der Waals surface area contributed by atoms with E-state index in [9.17, 15) is 13.2 Å². The smallest absolute Gasteiger partial charge is 0.256 e. The lowest BCUT2D eigenvalue weighted by Crippen LogP contribution is -2.36. The molecule has 1 aromatic heterocycles. The Morgan fingerprint density at radius 2 is 2.00 bits per heavy atom. The van der Waals surface area contributed by atoms with Crippen molar-refractivity contribution in [1.29, 1.82) is 0 Å². The number of hydrogen-bond acceptors (Lipinski definition) is 6. The van der Waals surface area contributed by atoms with Crippen LogP contribution in [-0.2, 0) is 29.3 Å². The minimum Gasteiger partial charge on any atom is -0.497 e. The molecule has 0 aliphatic carbocycles. The standard InChI is InChI=1S/C16H19N3O4S/c1-23-12-5-3-11(4-6-12)9-19-8-7-14-13(10-19)15(20)18-16(17-14)24(2,21)22/h3-6H,7-10H2,1-2H3,(H,17,18,20). The summed E-state index contributed by atoms with van der Waals surface area (Å²) in [6.07, 6.45) is 1.59. The van der Waals surface area contributed by atoms with Gasteiger partial charge in [-0.05, 0) is 17.7 Å². The predicted octanol–water partition coefficient (Wildman–Crippen LogP) is 0.740. The Morgan fingerprint density at radius 3 is 2.62 bits per heavy atom. The number of ether oxygens (including phenoxy) is 1. The van der Waals surface area contributed by atoms with Crippen molar-refractivity contribution in [1.82, 2.24) is 14.9 Å². The Labute approximate surface area is 140 Å². The first kappa shape index (κ1) is 16.7. The van der Waals surface area contributed by atoms with Crippen LogP contribution in [0.5, 0.6) is 5.75 Å². The first-order chi connectivity index (χ1) is 11.4. The van der Waals surface area contributed by atoms with Crippen molar-refractivity contribution in [3.05, 3.63) is 51.4 Å². The van der Waals surface area contributed by atoms with Gasteiger partial charge < -0.3 is 4.74 Å². The van der Waals surface area contributed by atoms with Gasteiger partial charge in [-0.25, -0.2) is 13.4 Å². The van der Waals surface area contributed by atoms with Crippen molar-refractivity contribution < 1.29 is 13.2 Å². The average Bonchev–Trinajstić information content (AvgIpc) is 2.55. The Kier molecular flexibility index (Phi) is 4.42. The number of benzene rings is 1. The Bertz CT molecular complexity index is 904. The second-order valence-corrected chi connectivity index (χ2v) is 7.81. The molecule has 1 aliphatic heterocycles.